The van der Waals surface area contributed by atoms with Crippen LogP contribution in [0.2, 0.25) is 0 Å². The maximum Gasteiger partial charge on any atom is 0.238 e. The second kappa shape index (κ2) is 5.86. The van der Waals surface area contributed by atoms with Gasteiger partial charge in [-0.2, -0.15) is 5.21 Å². The van der Waals surface area contributed by atoms with Gasteiger partial charge >= 0.3 is 0 Å². The molecule has 4 aromatic rings. The summed E-state index contributed by atoms with van der Waals surface area (Å²) in [5, 5.41) is 20.7. The molecule has 0 atom stereocenters. The van der Waals surface area contributed by atoms with E-state index in [0.29, 0.717) is 11.3 Å². The Hall–Kier alpha value is -3.37. The number of pyridine rings is 1. The van der Waals surface area contributed by atoms with Gasteiger partial charge in [-0.1, -0.05) is 18.2 Å². The fourth-order valence-corrected chi connectivity index (χ4v) is 3.69. The molecule has 4 rings (SSSR count). The first-order valence-corrected chi connectivity index (χ1v) is 9.03. The molecule has 10 heteroatoms. The number of hydrogen-bond acceptors (Lipinski definition) is 7. The third-order valence-electron chi connectivity index (χ3n) is 4.04. The van der Waals surface area contributed by atoms with Crippen molar-refractivity contribution in [3.05, 3.63) is 48.8 Å². The molecule has 2 aromatic heterocycles. The Bertz CT molecular complexity index is 1220. The Morgan fingerprint density at radius 2 is 1.85 bits per heavy atom. The summed E-state index contributed by atoms with van der Waals surface area (Å²) in [6.45, 7) is 0. The van der Waals surface area contributed by atoms with Crippen molar-refractivity contribution in [2.45, 2.75) is 4.90 Å². The van der Waals surface area contributed by atoms with E-state index in [0.717, 1.165) is 16.3 Å². The van der Waals surface area contributed by atoms with Crippen molar-refractivity contribution in [1.82, 2.24) is 25.6 Å². The van der Waals surface area contributed by atoms with E-state index >= 15 is 0 Å². The predicted octanol–water partition coefficient (Wildman–Crippen LogP) is 1.31. The highest BCUT2D eigenvalue weighted by atomic mass is 32.2. The number of nitrogen functional groups attached to an aromatic ring is 1. The number of hydrogen-bond donors (Lipinski definition) is 3. The highest BCUT2D eigenvalue weighted by Crippen LogP contribution is 2.39. The number of nitrogens with zero attached hydrogens (tertiary/aromatic N) is 4. The zero-order valence-corrected chi connectivity index (χ0v) is 14.1. The van der Waals surface area contributed by atoms with Crippen LogP contribution in [-0.2, 0) is 10.0 Å². The second-order valence-corrected chi connectivity index (χ2v) is 7.11. The summed E-state index contributed by atoms with van der Waals surface area (Å²) in [5.74, 6) is 0.128. The molecule has 0 aliphatic rings. The van der Waals surface area contributed by atoms with Crippen molar-refractivity contribution in [3.8, 4) is 22.5 Å². The van der Waals surface area contributed by atoms with Gasteiger partial charge in [-0.3, -0.25) is 4.98 Å². The van der Waals surface area contributed by atoms with E-state index in [1.807, 2.05) is 12.1 Å². The normalized spacial score (nSPS) is 11.7. The molecular weight excluding hydrogens is 354 g/mol. The lowest BCUT2D eigenvalue weighted by molar-refractivity contribution is 0.598. The van der Waals surface area contributed by atoms with Crippen LogP contribution in [0.25, 0.3) is 33.3 Å². The summed E-state index contributed by atoms with van der Waals surface area (Å²) in [4.78, 5) is 4.01. The molecule has 0 amide bonds. The van der Waals surface area contributed by atoms with E-state index < -0.39 is 10.0 Å². The molecule has 0 bridgehead atoms. The van der Waals surface area contributed by atoms with E-state index in [9.17, 15) is 8.42 Å². The zero-order valence-electron chi connectivity index (χ0n) is 13.3. The van der Waals surface area contributed by atoms with Gasteiger partial charge in [0.2, 0.25) is 15.8 Å². The van der Waals surface area contributed by atoms with Crippen molar-refractivity contribution < 1.29 is 8.42 Å². The molecule has 0 fully saturated rings. The lowest BCUT2D eigenvalue weighted by Crippen LogP contribution is -2.14. The van der Waals surface area contributed by atoms with Crippen molar-refractivity contribution in [3.63, 3.8) is 0 Å². The Balaban J connectivity index is 2.13. The van der Waals surface area contributed by atoms with E-state index in [1.54, 1.807) is 30.6 Å². The first-order chi connectivity index (χ1) is 12.5. The molecule has 0 aliphatic carbocycles. The number of H-pyrrole nitrogens is 1. The van der Waals surface area contributed by atoms with Crippen molar-refractivity contribution in [1.29, 1.82) is 0 Å². The number of benzene rings is 2. The van der Waals surface area contributed by atoms with Crippen LogP contribution in [0.3, 0.4) is 0 Å². The molecule has 9 nitrogen and oxygen atoms in total. The number of anilines is 1. The smallest absolute Gasteiger partial charge is 0.238 e. The molecule has 2 heterocycles. The minimum Gasteiger partial charge on any atom is -0.398 e. The van der Waals surface area contributed by atoms with E-state index in [2.05, 4.69) is 25.6 Å². The fourth-order valence-electron chi connectivity index (χ4n) is 2.94. The molecule has 0 spiro atoms. The number of fused-ring (bicyclic) bond motifs is 1. The molecule has 130 valence electrons. The van der Waals surface area contributed by atoms with Crippen LogP contribution in [0, 0.1) is 0 Å². The van der Waals surface area contributed by atoms with Gasteiger partial charge in [-0.25, -0.2) is 13.6 Å². The van der Waals surface area contributed by atoms with Crippen molar-refractivity contribution in [2.75, 3.05) is 5.73 Å². The van der Waals surface area contributed by atoms with Gasteiger partial charge in [0, 0.05) is 23.5 Å². The molecule has 2 aromatic carbocycles. The minimum absolute atomic E-state index is 0.0876. The lowest BCUT2D eigenvalue weighted by atomic mass is 9.94. The summed E-state index contributed by atoms with van der Waals surface area (Å²) in [6, 6.07) is 10.1. The van der Waals surface area contributed by atoms with Gasteiger partial charge in [0.15, 0.2) is 0 Å². The molecule has 0 radical (unpaired) electrons. The number of nitrogens with two attached hydrogens (primary N) is 2. The van der Waals surface area contributed by atoms with Crippen LogP contribution >= 0.6 is 0 Å². The summed E-state index contributed by atoms with van der Waals surface area (Å²) >= 11 is 0. The van der Waals surface area contributed by atoms with Gasteiger partial charge in [0.05, 0.1) is 10.5 Å². The van der Waals surface area contributed by atoms with E-state index in [-0.39, 0.29) is 16.3 Å². The minimum atomic E-state index is -4.01. The second-order valence-electron chi connectivity index (χ2n) is 5.58. The summed E-state index contributed by atoms with van der Waals surface area (Å²) in [7, 11) is -4.01. The average Bonchev–Trinajstić information content (AvgIpc) is 3.15. The van der Waals surface area contributed by atoms with Gasteiger partial charge in [0.25, 0.3) is 0 Å². The van der Waals surface area contributed by atoms with Crippen LogP contribution in [0.4, 0.5) is 5.69 Å². The summed E-state index contributed by atoms with van der Waals surface area (Å²) in [6.07, 6.45) is 3.30. The summed E-state index contributed by atoms with van der Waals surface area (Å²) < 4.78 is 24.2. The van der Waals surface area contributed by atoms with Crippen LogP contribution < -0.4 is 10.9 Å². The molecule has 26 heavy (non-hydrogen) atoms. The van der Waals surface area contributed by atoms with Crippen LogP contribution in [0.5, 0.6) is 0 Å². The summed E-state index contributed by atoms with van der Waals surface area (Å²) in [5.41, 5.74) is 8.22. The first-order valence-electron chi connectivity index (χ1n) is 7.49. The highest BCUT2D eigenvalue weighted by molar-refractivity contribution is 7.89. The lowest BCUT2D eigenvalue weighted by Gasteiger charge is -2.14. The fraction of sp³-hybridized carbons (Fsp3) is 0. The number of rotatable bonds is 3. The number of tetrazole rings is 1. The van der Waals surface area contributed by atoms with Crippen molar-refractivity contribution in [2.24, 2.45) is 5.14 Å². The molecule has 0 unspecified atom stereocenters. The largest absolute Gasteiger partial charge is 0.398 e. The number of nitrogens with one attached hydrogen (secondary N) is 1. The predicted molar refractivity (Wildman–Crippen MR) is 96.1 cm³/mol. The van der Waals surface area contributed by atoms with Crippen LogP contribution in [-0.4, -0.2) is 34.0 Å². The Morgan fingerprint density at radius 1 is 1.00 bits per heavy atom. The molecule has 5 N–H and O–H groups in total. The molecule has 0 saturated carbocycles. The van der Waals surface area contributed by atoms with Crippen LogP contribution in [0.15, 0.2) is 53.7 Å². The SMILES string of the molecule is Nc1ccc(-c2cccc(S(N)(=O)=O)c2-c2nn[nH]n2)c2ccncc12. The van der Waals surface area contributed by atoms with Crippen LogP contribution in [0.1, 0.15) is 0 Å². The topological polar surface area (TPSA) is 154 Å². The van der Waals surface area contributed by atoms with Gasteiger partial charge < -0.3 is 5.73 Å². The monoisotopic (exact) mass is 367 g/mol. The third kappa shape index (κ3) is 2.57. The van der Waals surface area contributed by atoms with Gasteiger partial charge in [0.1, 0.15) is 0 Å². The number of aromatic amines is 1. The maximum atomic E-state index is 12.1. The Labute approximate surface area is 148 Å². The molecule has 0 saturated heterocycles. The number of sulfonamides is 1. The maximum absolute atomic E-state index is 12.1. The average molecular weight is 367 g/mol. The third-order valence-corrected chi connectivity index (χ3v) is 5.00. The standard InChI is InChI=1S/C16H13N7O2S/c17-13-5-4-9(10-6-7-19-8-12(10)13)11-2-1-3-14(26(18,24)25)15(11)16-20-22-23-21-16/h1-8H,17H2,(H2,18,24,25)(H,20,21,22,23). The van der Waals surface area contributed by atoms with Gasteiger partial charge in [-0.05, 0) is 39.9 Å². The van der Waals surface area contributed by atoms with Gasteiger partial charge in [-0.15, -0.1) is 10.2 Å². The Kier molecular flexibility index (Phi) is 3.63. The quantitative estimate of drug-likeness (QED) is 0.461. The molecular formula is C16H13N7O2S. The Morgan fingerprint density at radius 3 is 2.58 bits per heavy atom. The number of aromatic nitrogens is 5. The van der Waals surface area contributed by atoms with E-state index in [4.69, 9.17) is 10.9 Å². The van der Waals surface area contributed by atoms with Crippen molar-refractivity contribution >= 4 is 26.5 Å². The highest BCUT2D eigenvalue weighted by Gasteiger charge is 2.23. The zero-order chi connectivity index (χ0) is 18.3. The molecule has 0 aliphatic heterocycles. The number of primary sulfonamides is 1. The first kappa shape index (κ1) is 16.1. The van der Waals surface area contributed by atoms with E-state index in [1.165, 1.54) is 6.07 Å².